The molecule has 1 atom stereocenters. The van der Waals surface area contributed by atoms with Gasteiger partial charge in [-0.1, -0.05) is 54.4 Å². The molecule has 2 aromatic rings. The van der Waals surface area contributed by atoms with E-state index in [0.717, 1.165) is 0 Å². The van der Waals surface area contributed by atoms with Gasteiger partial charge in [-0.05, 0) is 24.6 Å². The molecule has 0 amide bonds. The van der Waals surface area contributed by atoms with Crippen LogP contribution in [0.4, 0.5) is 4.39 Å². The Morgan fingerprint density at radius 1 is 1.11 bits per heavy atom. The summed E-state index contributed by atoms with van der Waals surface area (Å²) in [5.41, 5.74) is -0.805. The Morgan fingerprint density at radius 3 is 2.37 bits per heavy atom. The molecule has 0 fully saturated rings. The zero-order chi connectivity index (χ0) is 14.0. The molecule has 0 aliphatic carbocycles. The summed E-state index contributed by atoms with van der Waals surface area (Å²) in [6.07, 6.45) is 0.301. The quantitative estimate of drug-likeness (QED) is 0.865. The monoisotopic (exact) mass is 298 g/mol. The van der Waals surface area contributed by atoms with Gasteiger partial charge in [-0.3, -0.25) is 0 Å². The third-order valence-corrected chi connectivity index (χ3v) is 3.76. The van der Waals surface area contributed by atoms with Gasteiger partial charge in [-0.2, -0.15) is 0 Å². The van der Waals surface area contributed by atoms with Crippen molar-refractivity contribution >= 4 is 23.2 Å². The maximum atomic E-state index is 13.9. The Bertz CT molecular complexity index is 600. The van der Waals surface area contributed by atoms with E-state index in [-0.39, 0.29) is 5.56 Å². The van der Waals surface area contributed by atoms with Crippen molar-refractivity contribution < 1.29 is 9.50 Å². The first-order valence-corrected chi connectivity index (χ1v) is 6.67. The summed E-state index contributed by atoms with van der Waals surface area (Å²) in [6.45, 7) is 1.78. The molecule has 1 nitrogen and oxygen atoms in total. The van der Waals surface area contributed by atoms with Gasteiger partial charge in [0, 0.05) is 21.2 Å². The zero-order valence-electron chi connectivity index (χ0n) is 10.3. The highest BCUT2D eigenvalue weighted by molar-refractivity contribution is 6.35. The topological polar surface area (TPSA) is 20.2 Å². The van der Waals surface area contributed by atoms with Crippen LogP contribution in [0.2, 0.25) is 10.0 Å². The molecule has 2 rings (SSSR count). The average molecular weight is 299 g/mol. The number of benzene rings is 2. The van der Waals surface area contributed by atoms with Gasteiger partial charge in [-0.25, -0.2) is 4.39 Å². The first-order chi connectivity index (χ1) is 8.99. The predicted molar refractivity (Wildman–Crippen MR) is 76.2 cm³/mol. The second-order valence-electron chi connectivity index (χ2n) is 4.32. The van der Waals surface area contributed by atoms with Crippen LogP contribution in [0.15, 0.2) is 42.5 Å². The fraction of sp³-hybridized carbons (Fsp3) is 0.200. The summed E-state index contributed by atoms with van der Waals surface area (Å²) in [6, 6.07) is 10.9. The fourth-order valence-electron chi connectivity index (χ4n) is 2.15. The minimum atomic E-state index is -1.47. The Morgan fingerprint density at radius 2 is 1.79 bits per heavy atom. The van der Waals surface area contributed by atoms with Crippen LogP contribution >= 0.6 is 23.2 Å². The van der Waals surface area contributed by atoms with E-state index in [1.165, 1.54) is 6.07 Å². The summed E-state index contributed by atoms with van der Waals surface area (Å²) in [5.74, 6) is -0.460. The summed E-state index contributed by atoms with van der Waals surface area (Å²) < 4.78 is 13.9. The van der Waals surface area contributed by atoms with E-state index in [2.05, 4.69) is 0 Å². The number of rotatable bonds is 3. The standard InChI is InChI=1S/C15H13Cl2FO/c1-2-15(19,12-5-3-4-6-14(12)18)11-8-7-10(16)9-13(11)17/h3-9,19H,2H2,1H3. The number of halogens is 3. The van der Waals surface area contributed by atoms with Gasteiger partial charge in [0.1, 0.15) is 11.4 Å². The van der Waals surface area contributed by atoms with E-state index in [0.29, 0.717) is 22.0 Å². The third kappa shape index (κ3) is 2.62. The van der Waals surface area contributed by atoms with E-state index in [9.17, 15) is 9.50 Å². The minimum absolute atomic E-state index is 0.210. The van der Waals surface area contributed by atoms with Gasteiger partial charge in [-0.15, -0.1) is 0 Å². The summed E-state index contributed by atoms with van der Waals surface area (Å²) in [7, 11) is 0. The van der Waals surface area contributed by atoms with Crippen LogP contribution in [0.25, 0.3) is 0 Å². The average Bonchev–Trinajstić information content (AvgIpc) is 2.38. The molecule has 100 valence electrons. The number of hydrogen-bond acceptors (Lipinski definition) is 1. The molecule has 19 heavy (non-hydrogen) atoms. The van der Waals surface area contributed by atoms with Crippen molar-refractivity contribution in [3.8, 4) is 0 Å². The molecule has 1 N–H and O–H groups in total. The van der Waals surface area contributed by atoms with Gasteiger partial charge in [0.2, 0.25) is 0 Å². The van der Waals surface area contributed by atoms with Crippen molar-refractivity contribution in [3.05, 3.63) is 69.5 Å². The number of aliphatic hydroxyl groups is 1. The smallest absolute Gasteiger partial charge is 0.129 e. The van der Waals surface area contributed by atoms with Crippen LogP contribution in [0.5, 0.6) is 0 Å². The van der Waals surface area contributed by atoms with Crippen LogP contribution in [-0.4, -0.2) is 5.11 Å². The van der Waals surface area contributed by atoms with Crippen molar-refractivity contribution in [1.82, 2.24) is 0 Å². The molecule has 0 radical (unpaired) electrons. The molecular formula is C15H13Cl2FO. The second-order valence-corrected chi connectivity index (χ2v) is 5.16. The van der Waals surface area contributed by atoms with E-state index < -0.39 is 11.4 Å². The Hall–Kier alpha value is -1.09. The molecule has 0 aliphatic rings. The van der Waals surface area contributed by atoms with Gasteiger partial charge in [0.15, 0.2) is 0 Å². The van der Waals surface area contributed by atoms with Crippen molar-refractivity contribution in [1.29, 1.82) is 0 Å². The molecule has 4 heteroatoms. The van der Waals surface area contributed by atoms with Crippen LogP contribution in [-0.2, 0) is 5.60 Å². The van der Waals surface area contributed by atoms with Crippen LogP contribution in [0.3, 0.4) is 0 Å². The highest BCUT2D eigenvalue weighted by atomic mass is 35.5. The van der Waals surface area contributed by atoms with Crippen LogP contribution < -0.4 is 0 Å². The van der Waals surface area contributed by atoms with Crippen molar-refractivity contribution in [3.63, 3.8) is 0 Å². The molecule has 0 aliphatic heterocycles. The van der Waals surface area contributed by atoms with E-state index >= 15 is 0 Å². The first-order valence-electron chi connectivity index (χ1n) is 5.92. The third-order valence-electron chi connectivity index (χ3n) is 3.21. The maximum Gasteiger partial charge on any atom is 0.129 e. The highest BCUT2D eigenvalue weighted by Gasteiger charge is 2.33. The lowest BCUT2D eigenvalue weighted by Crippen LogP contribution is -2.28. The normalized spacial score (nSPS) is 14.2. The summed E-state index contributed by atoms with van der Waals surface area (Å²) in [4.78, 5) is 0. The van der Waals surface area contributed by atoms with Crippen molar-refractivity contribution in [2.75, 3.05) is 0 Å². The lowest BCUT2D eigenvalue weighted by molar-refractivity contribution is 0.0727. The Balaban J connectivity index is 2.63. The van der Waals surface area contributed by atoms with Crippen LogP contribution in [0, 0.1) is 5.82 Å². The van der Waals surface area contributed by atoms with Crippen molar-refractivity contribution in [2.45, 2.75) is 18.9 Å². The molecule has 0 aromatic heterocycles. The minimum Gasteiger partial charge on any atom is -0.380 e. The summed E-state index contributed by atoms with van der Waals surface area (Å²) in [5, 5.41) is 11.6. The largest absolute Gasteiger partial charge is 0.380 e. The fourth-order valence-corrected chi connectivity index (χ4v) is 2.71. The molecule has 0 saturated heterocycles. The van der Waals surface area contributed by atoms with Crippen molar-refractivity contribution in [2.24, 2.45) is 0 Å². The van der Waals surface area contributed by atoms with Gasteiger partial charge in [0.25, 0.3) is 0 Å². The highest BCUT2D eigenvalue weighted by Crippen LogP contribution is 2.38. The van der Waals surface area contributed by atoms with E-state index in [1.807, 2.05) is 0 Å². The molecule has 0 heterocycles. The van der Waals surface area contributed by atoms with Gasteiger partial charge >= 0.3 is 0 Å². The lowest BCUT2D eigenvalue weighted by Gasteiger charge is -2.29. The lowest BCUT2D eigenvalue weighted by atomic mass is 9.84. The Labute approximate surface area is 121 Å². The van der Waals surface area contributed by atoms with Gasteiger partial charge in [0.05, 0.1) is 0 Å². The summed E-state index contributed by atoms with van der Waals surface area (Å²) >= 11 is 12.0. The maximum absolute atomic E-state index is 13.9. The van der Waals surface area contributed by atoms with Crippen LogP contribution in [0.1, 0.15) is 24.5 Å². The zero-order valence-corrected chi connectivity index (χ0v) is 11.8. The SMILES string of the molecule is CCC(O)(c1ccccc1F)c1ccc(Cl)cc1Cl. The molecular weight excluding hydrogens is 286 g/mol. The Kier molecular flexibility index (Phi) is 4.14. The molecule has 0 spiro atoms. The first kappa shape index (κ1) is 14.3. The predicted octanol–water partition coefficient (Wildman–Crippen LogP) is 4.78. The number of hydrogen-bond donors (Lipinski definition) is 1. The van der Waals surface area contributed by atoms with Gasteiger partial charge < -0.3 is 5.11 Å². The molecule has 2 aromatic carbocycles. The molecule has 1 unspecified atom stereocenters. The molecule has 0 bridgehead atoms. The second kappa shape index (κ2) is 5.49. The van der Waals surface area contributed by atoms with E-state index in [4.69, 9.17) is 23.2 Å². The molecule has 0 saturated carbocycles. The van der Waals surface area contributed by atoms with E-state index in [1.54, 1.807) is 43.3 Å².